The number of unbranched alkanes of at least 4 members (excludes halogenated alkanes) is 12. The third kappa shape index (κ3) is 28.4. The number of fused-ring (bicyclic) bond motifs is 1. The summed E-state index contributed by atoms with van der Waals surface area (Å²) in [6, 6.07) is 3.67. The molecule has 0 saturated carbocycles. The first-order valence-corrected chi connectivity index (χ1v) is 31.2. The standard InChI is InChI=1S/C63H98N12O14/c1-6-7-8-9-10-11-12-13-14-15-16-17-21-30-52(80)74-55(41(5)79)62(89)75-54(39(2)3)61(88)71-48(34-42-25-19-18-20-26-42)57(84)70-49(35-43-36-67-46-28-23-22-27-44(43)46)58(85)72-51(38-77)60(87)73-50(37-76)59(86)69-47(29-24-33-66-63(64)65)56(83)68-45(40(4)78)31-32-53(81)82/h18-20,22-23,25-28,36,39,41,45,47-51,54-55,67,76-77,79H,6-17,21,24,29-35,37-38H2,1-5H3,(H,68,83)(H,69,86)(H,70,84)(H,71,88)(H,72,85)(H,73,87)(H,74,80)(H,75,89)(H,81,82)(H4,64,65,66)/t41-,45+,47+,48+,49+,50+,51+,54+,55+/m1/s1. The van der Waals surface area contributed by atoms with Gasteiger partial charge >= 0.3 is 5.97 Å². The molecular weight excluding hydrogens is 1150 g/mol. The molecule has 17 N–H and O–H groups in total. The van der Waals surface area contributed by atoms with Crippen LogP contribution in [0.5, 0.6) is 0 Å². The number of rotatable bonds is 45. The highest BCUT2D eigenvalue weighted by atomic mass is 16.4. The second kappa shape index (κ2) is 41.3. The molecule has 0 saturated heterocycles. The van der Waals surface area contributed by atoms with Gasteiger partial charge in [0.2, 0.25) is 47.3 Å². The Kier molecular flexibility index (Phi) is 34.9. The minimum Gasteiger partial charge on any atom is -0.481 e. The van der Waals surface area contributed by atoms with Gasteiger partial charge in [-0.1, -0.05) is 146 Å². The number of aromatic nitrogens is 1. The molecular formula is C63H98N12O14. The van der Waals surface area contributed by atoms with E-state index in [2.05, 4.69) is 59.8 Å². The Morgan fingerprint density at radius 2 is 1.00 bits per heavy atom. The summed E-state index contributed by atoms with van der Waals surface area (Å²) in [6.45, 7) is 5.93. The topological polar surface area (TPSA) is 426 Å². The number of carboxylic acid groups (broad SMARTS) is 1. The Balaban J connectivity index is 1.82. The number of hydrogen-bond acceptors (Lipinski definition) is 14. The average Bonchev–Trinajstić information content (AvgIpc) is 3.76. The lowest BCUT2D eigenvalue weighted by Gasteiger charge is -2.29. The molecule has 0 radical (unpaired) electrons. The highest BCUT2D eigenvalue weighted by Crippen LogP contribution is 2.20. The largest absolute Gasteiger partial charge is 0.481 e. The van der Waals surface area contributed by atoms with Crippen molar-refractivity contribution in [2.75, 3.05) is 19.8 Å². The maximum Gasteiger partial charge on any atom is 0.303 e. The Hall–Kier alpha value is -7.97. The third-order valence-electron chi connectivity index (χ3n) is 15.2. The van der Waals surface area contributed by atoms with E-state index in [1.165, 1.54) is 58.3 Å². The van der Waals surface area contributed by atoms with Crippen molar-refractivity contribution in [1.82, 2.24) is 52.8 Å². The first-order chi connectivity index (χ1) is 42.5. The molecule has 0 aliphatic rings. The van der Waals surface area contributed by atoms with E-state index >= 15 is 0 Å². The van der Waals surface area contributed by atoms with Crippen LogP contribution in [-0.2, 0) is 60.8 Å². The van der Waals surface area contributed by atoms with Crippen LogP contribution in [-0.4, -0.2) is 165 Å². The molecule has 1 aromatic heterocycles. The molecule has 1 heterocycles. The molecule has 0 spiro atoms. The van der Waals surface area contributed by atoms with Crippen molar-refractivity contribution < 1.29 is 68.4 Å². The quantitative estimate of drug-likeness (QED) is 0.0219. The minimum atomic E-state index is -1.83. The van der Waals surface area contributed by atoms with E-state index < -0.39 is 139 Å². The van der Waals surface area contributed by atoms with E-state index in [9.17, 15) is 68.4 Å². The van der Waals surface area contributed by atoms with Crippen molar-refractivity contribution in [3.63, 3.8) is 0 Å². The molecule has 2 aromatic carbocycles. The van der Waals surface area contributed by atoms with Gasteiger partial charge in [-0.05, 0) is 62.6 Å². The van der Waals surface area contributed by atoms with Crippen molar-refractivity contribution in [2.45, 2.75) is 217 Å². The number of para-hydroxylation sites is 1. The summed E-state index contributed by atoms with van der Waals surface area (Å²) < 4.78 is 0. The molecule has 89 heavy (non-hydrogen) atoms. The van der Waals surface area contributed by atoms with Crippen LogP contribution in [0.2, 0.25) is 0 Å². The predicted molar refractivity (Wildman–Crippen MR) is 335 cm³/mol. The van der Waals surface area contributed by atoms with Crippen LogP contribution >= 0.6 is 0 Å². The zero-order chi connectivity index (χ0) is 65.8. The number of H-pyrrole nitrogens is 1. The maximum atomic E-state index is 14.7. The van der Waals surface area contributed by atoms with Gasteiger partial charge in [0.05, 0.1) is 25.4 Å². The molecule has 8 amide bonds. The fraction of sp³-hybridized carbons (Fsp3) is 0.603. The van der Waals surface area contributed by atoms with E-state index in [0.29, 0.717) is 28.5 Å². The van der Waals surface area contributed by atoms with Gasteiger partial charge in [-0.25, -0.2) is 0 Å². The second-order valence-corrected chi connectivity index (χ2v) is 23.0. The number of guanidine groups is 1. The lowest BCUT2D eigenvalue weighted by atomic mass is 9.99. The van der Waals surface area contributed by atoms with Gasteiger partial charge in [-0.15, -0.1) is 0 Å². The molecule has 3 rings (SSSR count). The number of hydrogen-bond donors (Lipinski definition) is 16. The van der Waals surface area contributed by atoms with Crippen molar-refractivity contribution in [3.05, 3.63) is 71.9 Å². The van der Waals surface area contributed by atoms with Gasteiger partial charge in [-0.2, -0.15) is 0 Å². The number of amides is 8. The average molecular weight is 1250 g/mol. The monoisotopic (exact) mass is 1250 g/mol. The molecule has 26 nitrogen and oxygen atoms in total. The van der Waals surface area contributed by atoms with Crippen molar-refractivity contribution in [3.8, 4) is 0 Å². The normalized spacial score (nSPS) is 14.3. The van der Waals surface area contributed by atoms with E-state index in [0.717, 1.165) is 32.6 Å². The molecule has 0 bridgehead atoms. The number of benzene rings is 2. The van der Waals surface area contributed by atoms with Gasteiger partial charge in [0.25, 0.3) is 0 Å². The molecule has 494 valence electrons. The number of carboxylic acids is 1. The SMILES string of the molecule is CCCCCCCCCCCCCCCC(=O)N[C@H](C(=O)N[C@H](C(=O)N[C@@H](Cc1ccccc1)C(=O)N[C@@H](Cc1c[nH]c2ccccc12)C(=O)N[C@@H](CO)C(=O)N[C@@H](CO)C(=O)N[C@@H](CCCNC(=N)N)C(=O)N[C@@H](CCC(=O)O)C(C)=O)C(C)C)[C@@H](C)O. The molecule has 0 unspecified atom stereocenters. The lowest BCUT2D eigenvalue weighted by Crippen LogP contribution is -2.62. The van der Waals surface area contributed by atoms with Crippen LogP contribution in [0, 0.1) is 11.3 Å². The maximum absolute atomic E-state index is 14.7. The molecule has 9 atom stereocenters. The summed E-state index contributed by atoms with van der Waals surface area (Å²) in [6.07, 6.45) is 14.0. The summed E-state index contributed by atoms with van der Waals surface area (Å²) in [7, 11) is 0. The van der Waals surface area contributed by atoms with Gasteiger partial charge in [0.1, 0.15) is 42.3 Å². The number of aliphatic hydroxyl groups is 3. The number of nitrogens with two attached hydrogens (primary N) is 1. The molecule has 0 aliphatic carbocycles. The van der Waals surface area contributed by atoms with E-state index in [-0.39, 0.29) is 51.0 Å². The zero-order valence-corrected chi connectivity index (χ0v) is 52.3. The van der Waals surface area contributed by atoms with Crippen LogP contribution in [0.3, 0.4) is 0 Å². The van der Waals surface area contributed by atoms with E-state index in [1.54, 1.807) is 74.6 Å². The first-order valence-electron chi connectivity index (χ1n) is 31.2. The number of Topliss-reactive ketones (excluding diaryl/α,β-unsaturated/α-hetero) is 1. The van der Waals surface area contributed by atoms with Gasteiger partial charge in [0.15, 0.2) is 11.7 Å². The summed E-state index contributed by atoms with van der Waals surface area (Å²) in [5, 5.41) is 71.6. The smallest absolute Gasteiger partial charge is 0.303 e. The zero-order valence-electron chi connectivity index (χ0n) is 52.3. The lowest BCUT2D eigenvalue weighted by molar-refractivity contribution is -0.138. The summed E-state index contributed by atoms with van der Waals surface area (Å²) in [5.74, 6) is -9.96. The predicted octanol–water partition coefficient (Wildman–Crippen LogP) is 2.05. The fourth-order valence-corrected chi connectivity index (χ4v) is 9.98. The van der Waals surface area contributed by atoms with Crippen LogP contribution in [0.1, 0.15) is 161 Å². The van der Waals surface area contributed by atoms with E-state index in [4.69, 9.17) is 11.1 Å². The highest BCUT2D eigenvalue weighted by Gasteiger charge is 2.36. The molecule has 3 aromatic rings. The molecule has 26 heteroatoms. The molecule has 0 fully saturated rings. The van der Waals surface area contributed by atoms with Gasteiger partial charge in [-0.3, -0.25) is 53.4 Å². The Labute approximate surface area is 521 Å². The van der Waals surface area contributed by atoms with Gasteiger partial charge < -0.3 is 79.0 Å². The summed E-state index contributed by atoms with van der Waals surface area (Å²) in [5.41, 5.74) is 7.17. The van der Waals surface area contributed by atoms with Crippen LogP contribution in [0.15, 0.2) is 60.8 Å². The summed E-state index contributed by atoms with van der Waals surface area (Å²) >= 11 is 0. The number of nitrogens with one attached hydrogen (secondary N) is 11. The van der Waals surface area contributed by atoms with E-state index in [1.807, 2.05) is 0 Å². The van der Waals surface area contributed by atoms with Crippen LogP contribution < -0.4 is 53.6 Å². The third-order valence-corrected chi connectivity index (χ3v) is 15.2. The van der Waals surface area contributed by atoms with Crippen molar-refractivity contribution >= 4 is 75.9 Å². The minimum absolute atomic E-state index is 0.0685. The fourth-order valence-electron chi connectivity index (χ4n) is 9.98. The Morgan fingerprint density at radius 3 is 1.53 bits per heavy atom. The second-order valence-electron chi connectivity index (χ2n) is 23.0. The molecule has 0 aliphatic heterocycles. The van der Waals surface area contributed by atoms with Gasteiger partial charge in [0, 0.05) is 49.3 Å². The number of aliphatic hydroxyl groups excluding tert-OH is 3. The van der Waals surface area contributed by atoms with Crippen LogP contribution in [0.25, 0.3) is 10.9 Å². The summed E-state index contributed by atoms with van der Waals surface area (Å²) in [4.78, 5) is 138. The number of aliphatic carboxylic acids is 1. The number of aromatic amines is 1. The van der Waals surface area contributed by atoms with Crippen molar-refractivity contribution in [2.24, 2.45) is 11.7 Å². The Bertz CT molecular complexity index is 2740. The number of carbonyl (C=O) groups is 10. The number of ketones is 1. The number of carbonyl (C=O) groups excluding carboxylic acids is 9. The Morgan fingerprint density at radius 1 is 0.528 bits per heavy atom. The highest BCUT2D eigenvalue weighted by molar-refractivity contribution is 5.99. The van der Waals surface area contributed by atoms with Crippen molar-refractivity contribution in [1.29, 1.82) is 5.41 Å². The first kappa shape index (κ1) is 75.3. The van der Waals surface area contributed by atoms with Crippen LogP contribution in [0.4, 0.5) is 0 Å².